The van der Waals surface area contributed by atoms with Crippen molar-refractivity contribution in [3.63, 3.8) is 0 Å². The molecule has 0 bridgehead atoms. The Morgan fingerprint density at radius 3 is 1.41 bits per heavy atom. The summed E-state index contributed by atoms with van der Waals surface area (Å²) < 4.78 is 33.3. The fraction of sp³-hybridized carbons (Fsp3) is 0.907. The summed E-state index contributed by atoms with van der Waals surface area (Å²) in [7, 11) is -4.61. The molecule has 0 aliphatic heterocycles. The Morgan fingerprint density at radius 2 is 0.963 bits per heavy atom. The van der Waals surface area contributed by atoms with Gasteiger partial charge in [0.1, 0.15) is 12.1 Å². The molecule has 0 saturated carbocycles. The van der Waals surface area contributed by atoms with E-state index in [2.05, 4.69) is 26.0 Å². The van der Waals surface area contributed by atoms with E-state index in [1.54, 1.807) is 0 Å². The van der Waals surface area contributed by atoms with Gasteiger partial charge in [0, 0.05) is 13.0 Å². The molecular weight excluding hydrogens is 705 g/mol. The summed E-state index contributed by atoms with van der Waals surface area (Å²) in [5.74, 6) is -1.77. The highest BCUT2D eigenvalue weighted by atomic mass is 31.2. The second kappa shape index (κ2) is 39.9. The van der Waals surface area contributed by atoms with E-state index in [-0.39, 0.29) is 13.0 Å². The van der Waals surface area contributed by atoms with E-state index in [0.717, 1.165) is 38.5 Å². The van der Waals surface area contributed by atoms with Crippen LogP contribution in [0.4, 0.5) is 0 Å². The molecule has 3 atom stereocenters. The number of carboxylic acids is 1. The van der Waals surface area contributed by atoms with Crippen molar-refractivity contribution in [3.8, 4) is 0 Å². The molecule has 54 heavy (non-hydrogen) atoms. The summed E-state index contributed by atoms with van der Waals surface area (Å²) in [6.07, 6.45) is 41.3. The minimum atomic E-state index is -4.61. The molecular formula is C43H84NO9P. The Labute approximate surface area is 331 Å². The Hall–Kier alpha value is -1.29. The smallest absolute Gasteiger partial charge is 0.472 e. The van der Waals surface area contributed by atoms with Crippen LogP contribution in [0.3, 0.4) is 0 Å². The van der Waals surface area contributed by atoms with E-state index in [1.807, 2.05) is 0 Å². The standard InChI is InChI=1S/C43H84NO9P/c1-3-5-7-9-11-13-15-16-17-18-19-20-21-22-23-24-25-26-28-30-32-34-36-50-37-40(38-51-54(48,49)52-39-41(44)43(46)47)53-42(45)35-33-31-29-27-14-12-10-8-6-4-2/h18-19,40-41H,3-17,20-39,44H2,1-2H3,(H,46,47)(H,48,49)/b19-18-. The third kappa shape index (κ3) is 39.0. The first-order chi connectivity index (χ1) is 26.2. The van der Waals surface area contributed by atoms with Crippen LogP contribution in [0.1, 0.15) is 213 Å². The zero-order chi connectivity index (χ0) is 39.8. The van der Waals surface area contributed by atoms with E-state index in [0.29, 0.717) is 6.61 Å². The molecule has 0 aliphatic rings. The first-order valence-corrected chi connectivity index (χ1v) is 23.7. The van der Waals surface area contributed by atoms with E-state index in [4.69, 9.17) is 29.4 Å². The number of unbranched alkanes of at least 4 members (excludes halogenated alkanes) is 27. The third-order valence-electron chi connectivity index (χ3n) is 9.79. The van der Waals surface area contributed by atoms with Crippen LogP contribution in [0.25, 0.3) is 0 Å². The number of phosphoric acid groups is 1. The number of ether oxygens (including phenoxy) is 2. The molecule has 0 aliphatic carbocycles. The number of hydrogen-bond acceptors (Lipinski definition) is 8. The van der Waals surface area contributed by atoms with Gasteiger partial charge in [0.05, 0.1) is 19.8 Å². The molecule has 3 unspecified atom stereocenters. The molecule has 0 aromatic rings. The van der Waals surface area contributed by atoms with Gasteiger partial charge in [0.25, 0.3) is 0 Å². The summed E-state index contributed by atoms with van der Waals surface area (Å²) in [5.41, 5.74) is 5.35. The predicted molar refractivity (Wildman–Crippen MR) is 222 cm³/mol. The molecule has 0 aromatic heterocycles. The number of esters is 1. The minimum absolute atomic E-state index is 0.0213. The largest absolute Gasteiger partial charge is 0.480 e. The van der Waals surface area contributed by atoms with Crippen molar-refractivity contribution in [2.24, 2.45) is 5.73 Å². The number of phosphoric ester groups is 1. The van der Waals surface area contributed by atoms with Crippen LogP contribution in [-0.2, 0) is 32.7 Å². The number of aliphatic carboxylic acids is 1. The van der Waals surface area contributed by atoms with E-state index in [1.165, 1.54) is 154 Å². The molecule has 320 valence electrons. The number of carbonyl (C=O) groups excluding carboxylic acids is 1. The van der Waals surface area contributed by atoms with Gasteiger partial charge in [-0.1, -0.05) is 180 Å². The van der Waals surface area contributed by atoms with Gasteiger partial charge in [0.2, 0.25) is 0 Å². The second-order valence-corrected chi connectivity index (χ2v) is 16.6. The summed E-state index contributed by atoms with van der Waals surface area (Å²) >= 11 is 0. The quantitative estimate of drug-likeness (QED) is 0.0235. The number of hydrogen-bond donors (Lipinski definition) is 3. The maximum atomic E-state index is 12.6. The monoisotopic (exact) mass is 790 g/mol. The Balaban J connectivity index is 4.08. The average Bonchev–Trinajstić information content (AvgIpc) is 3.15. The van der Waals surface area contributed by atoms with Crippen molar-refractivity contribution in [2.45, 2.75) is 225 Å². The van der Waals surface area contributed by atoms with E-state index < -0.39 is 45.1 Å². The van der Waals surface area contributed by atoms with Crippen molar-refractivity contribution in [1.82, 2.24) is 0 Å². The van der Waals surface area contributed by atoms with Crippen molar-refractivity contribution < 1.29 is 42.7 Å². The van der Waals surface area contributed by atoms with Crippen LogP contribution >= 0.6 is 7.82 Å². The molecule has 0 spiro atoms. The Bertz CT molecular complexity index is 919. The van der Waals surface area contributed by atoms with Crippen LogP contribution in [0.15, 0.2) is 12.2 Å². The van der Waals surface area contributed by atoms with Crippen molar-refractivity contribution in [3.05, 3.63) is 12.2 Å². The fourth-order valence-corrected chi connectivity index (χ4v) is 7.08. The lowest BCUT2D eigenvalue weighted by Crippen LogP contribution is -2.34. The molecule has 11 heteroatoms. The summed E-state index contributed by atoms with van der Waals surface area (Å²) in [5, 5.41) is 8.88. The van der Waals surface area contributed by atoms with Gasteiger partial charge >= 0.3 is 19.8 Å². The highest BCUT2D eigenvalue weighted by Crippen LogP contribution is 2.43. The van der Waals surface area contributed by atoms with Gasteiger partial charge in [0.15, 0.2) is 0 Å². The SMILES string of the molecule is CCCCCCCCCC/C=C\CCCCCCCCCCCCOCC(COP(=O)(O)OCC(N)C(=O)O)OC(=O)CCCCCCCCCCCC. The lowest BCUT2D eigenvalue weighted by atomic mass is 10.1. The topological polar surface area (TPSA) is 155 Å². The van der Waals surface area contributed by atoms with Gasteiger partial charge in [-0.3, -0.25) is 18.6 Å². The van der Waals surface area contributed by atoms with Crippen LogP contribution < -0.4 is 5.73 Å². The molecule has 0 heterocycles. The van der Waals surface area contributed by atoms with Crippen LogP contribution in [0, 0.1) is 0 Å². The lowest BCUT2D eigenvalue weighted by molar-refractivity contribution is -0.154. The van der Waals surface area contributed by atoms with Crippen molar-refractivity contribution in [2.75, 3.05) is 26.4 Å². The first-order valence-electron chi connectivity index (χ1n) is 22.2. The molecule has 0 aromatic carbocycles. The zero-order valence-electron chi connectivity index (χ0n) is 34.8. The van der Waals surface area contributed by atoms with E-state index in [9.17, 15) is 19.0 Å². The summed E-state index contributed by atoms with van der Waals surface area (Å²) in [4.78, 5) is 33.4. The number of carbonyl (C=O) groups is 2. The summed E-state index contributed by atoms with van der Waals surface area (Å²) in [6.45, 7) is 3.89. The molecule has 0 saturated heterocycles. The number of carboxylic acid groups (broad SMARTS) is 1. The highest BCUT2D eigenvalue weighted by molar-refractivity contribution is 7.47. The van der Waals surface area contributed by atoms with Gasteiger partial charge in [-0.05, 0) is 38.5 Å². The minimum Gasteiger partial charge on any atom is -0.480 e. The van der Waals surface area contributed by atoms with Crippen LogP contribution in [-0.4, -0.2) is 60.5 Å². The molecule has 0 amide bonds. The molecule has 4 N–H and O–H groups in total. The van der Waals surface area contributed by atoms with Crippen LogP contribution in [0.5, 0.6) is 0 Å². The summed E-state index contributed by atoms with van der Waals surface area (Å²) in [6, 6.07) is -1.47. The van der Waals surface area contributed by atoms with E-state index >= 15 is 0 Å². The lowest BCUT2D eigenvalue weighted by Gasteiger charge is -2.20. The number of nitrogens with two attached hydrogens (primary N) is 1. The zero-order valence-corrected chi connectivity index (χ0v) is 35.7. The molecule has 0 radical (unpaired) electrons. The molecule has 0 fully saturated rings. The van der Waals surface area contributed by atoms with Gasteiger partial charge in [-0.15, -0.1) is 0 Å². The van der Waals surface area contributed by atoms with Gasteiger partial charge < -0.3 is 25.2 Å². The fourth-order valence-electron chi connectivity index (χ4n) is 6.31. The van der Waals surface area contributed by atoms with Crippen LogP contribution in [0.2, 0.25) is 0 Å². The highest BCUT2D eigenvalue weighted by Gasteiger charge is 2.27. The molecule has 0 rings (SSSR count). The van der Waals surface area contributed by atoms with Crippen molar-refractivity contribution >= 4 is 19.8 Å². The number of allylic oxidation sites excluding steroid dienone is 2. The van der Waals surface area contributed by atoms with Crippen molar-refractivity contribution in [1.29, 1.82) is 0 Å². The Kier molecular flexibility index (Phi) is 39.0. The predicted octanol–water partition coefficient (Wildman–Crippen LogP) is 12.1. The Morgan fingerprint density at radius 1 is 0.574 bits per heavy atom. The van der Waals surface area contributed by atoms with Gasteiger partial charge in [-0.2, -0.15) is 0 Å². The molecule has 10 nitrogen and oxygen atoms in total. The second-order valence-electron chi connectivity index (χ2n) is 15.2. The van der Waals surface area contributed by atoms with Gasteiger partial charge in [-0.25, -0.2) is 4.57 Å². The maximum absolute atomic E-state index is 12.6. The maximum Gasteiger partial charge on any atom is 0.472 e. The average molecular weight is 790 g/mol. The normalized spacial score (nSPS) is 14.0. The number of rotatable bonds is 43. The third-order valence-corrected chi connectivity index (χ3v) is 10.7. The first kappa shape index (κ1) is 52.7.